The van der Waals surface area contributed by atoms with Crippen LogP contribution >= 0.6 is 34.8 Å². The first-order chi connectivity index (χ1) is 13.5. The number of ether oxygens (including phenoxy) is 3. The Morgan fingerprint density at radius 1 is 0.964 bits per heavy atom. The summed E-state index contributed by atoms with van der Waals surface area (Å²) in [6.07, 6.45) is 1.00. The fourth-order valence-electron chi connectivity index (χ4n) is 2.73. The van der Waals surface area contributed by atoms with Gasteiger partial charge < -0.3 is 19.1 Å². The molecule has 0 aliphatic carbocycles. The largest absolute Gasteiger partial charge is 0.490 e. The van der Waals surface area contributed by atoms with Crippen molar-refractivity contribution in [3.05, 3.63) is 51.5 Å². The molecular weight excluding hydrogens is 425 g/mol. The van der Waals surface area contributed by atoms with E-state index < -0.39 is 0 Å². The first-order valence-corrected chi connectivity index (χ1v) is 10.1. The second-order valence-electron chi connectivity index (χ2n) is 6.21. The highest BCUT2D eigenvalue weighted by Crippen LogP contribution is 2.37. The Hall–Kier alpha value is -1.66. The number of morpholine rings is 1. The molecular formula is C20H20Cl3NO4. The summed E-state index contributed by atoms with van der Waals surface area (Å²) in [5.41, 5.74) is 0. The van der Waals surface area contributed by atoms with Gasteiger partial charge in [0.25, 0.3) is 0 Å². The highest BCUT2D eigenvalue weighted by molar-refractivity contribution is 6.35. The maximum Gasteiger partial charge on any atom is 0.222 e. The molecule has 2 aromatic rings. The van der Waals surface area contributed by atoms with Gasteiger partial charge in [-0.1, -0.05) is 34.8 Å². The van der Waals surface area contributed by atoms with Gasteiger partial charge in [0.1, 0.15) is 5.75 Å². The second-order valence-corrected chi connectivity index (χ2v) is 7.49. The van der Waals surface area contributed by atoms with Crippen molar-refractivity contribution in [3.8, 4) is 17.2 Å². The summed E-state index contributed by atoms with van der Waals surface area (Å²) < 4.78 is 16.9. The van der Waals surface area contributed by atoms with Gasteiger partial charge >= 0.3 is 0 Å². The highest BCUT2D eigenvalue weighted by atomic mass is 35.5. The lowest BCUT2D eigenvalue weighted by atomic mass is 10.2. The maximum atomic E-state index is 12.2. The van der Waals surface area contributed by atoms with Gasteiger partial charge in [0.2, 0.25) is 5.91 Å². The van der Waals surface area contributed by atoms with E-state index in [0.717, 1.165) is 0 Å². The third-order valence-electron chi connectivity index (χ3n) is 4.18. The van der Waals surface area contributed by atoms with Crippen molar-refractivity contribution in [3.63, 3.8) is 0 Å². The average molecular weight is 445 g/mol. The maximum absolute atomic E-state index is 12.2. The molecule has 1 saturated heterocycles. The fourth-order valence-corrected chi connectivity index (χ4v) is 3.34. The van der Waals surface area contributed by atoms with Crippen LogP contribution in [0.25, 0.3) is 0 Å². The molecule has 0 N–H and O–H groups in total. The summed E-state index contributed by atoms with van der Waals surface area (Å²) in [6.45, 7) is 2.85. The van der Waals surface area contributed by atoms with Gasteiger partial charge in [-0.3, -0.25) is 4.79 Å². The molecule has 1 amide bonds. The van der Waals surface area contributed by atoms with Crippen molar-refractivity contribution in [2.45, 2.75) is 12.8 Å². The van der Waals surface area contributed by atoms with E-state index in [1.165, 1.54) is 0 Å². The molecule has 0 saturated carbocycles. The van der Waals surface area contributed by atoms with Crippen LogP contribution in [0.2, 0.25) is 15.1 Å². The number of carbonyl (C=O) groups excluding carboxylic acids is 1. The van der Waals surface area contributed by atoms with E-state index in [0.29, 0.717) is 78.1 Å². The Balaban J connectivity index is 1.57. The van der Waals surface area contributed by atoms with Crippen molar-refractivity contribution in [2.75, 3.05) is 32.9 Å². The third kappa shape index (κ3) is 5.92. The lowest BCUT2D eigenvalue weighted by Gasteiger charge is -2.26. The molecule has 150 valence electrons. The lowest BCUT2D eigenvalue weighted by Crippen LogP contribution is -2.40. The van der Waals surface area contributed by atoms with Crippen LogP contribution in [-0.2, 0) is 9.53 Å². The van der Waals surface area contributed by atoms with E-state index in [9.17, 15) is 4.79 Å². The summed E-state index contributed by atoms with van der Waals surface area (Å²) in [5.74, 6) is 1.54. The predicted molar refractivity (Wildman–Crippen MR) is 110 cm³/mol. The number of rotatable bonds is 7. The van der Waals surface area contributed by atoms with E-state index in [2.05, 4.69) is 0 Å². The zero-order chi connectivity index (χ0) is 19.9. The molecule has 28 heavy (non-hydrogen) atoms. The Kier molecular flexibility index (Phi) is 7.68. The first kappa shape index (κ1) is 21.1. The summed E-state index contributed by atoms with van der Waals surface area (Å²) in [6, 6.07) is 10.1. The topological polar surface area (TPSA) is 48.0 Å². The molecule has 0 atom stereocenters. The van der Waals surface area contributed by atoms with Crippen LogP contribution in [0.4, 0.5) is 0 Å². The lowest BCUT2D eigenvalue weighted by molar-refractivity contribution is -0.135. The van der Waals surface area contributed by atoms with Crippen LogP contribution in [0.5, 0.6) is 17.2 Å². The van der Waals surface area contributed by atoms with Crippen molar-refractivity contribution in [2.24, 2.45) is 0 Å². The molecule has 1 fully saturated rings. The molecule has 0 radical (unpaired) electrons. The van der Waals surface area contributed by atoms with Crippen molar-refractivity contribution in [1.82, 2.24) is 4.90 Å². The molecule has 0 aromatic heterocycles. The minimum Gasteiger partial charge on any atom is -0.490 e. The highest BCUT2D eigenvalue weighted by Gasteiger charge is 2.16. The quantitative estimate of drug-likeness (QED) is 0.532. The van der Waals surface area contributed by atoms with Gasteiger partial charge in [-0.05, 0) is 36.8 Å². The zero-order valence-corrected chi connectivity index (χ0v) is 17.4. The molecule has 0 unspecified atom stereocenters. The monoisotopic (exact) mass is 443 g/mol. The van der Waals surface area contributed by atoms with Gasteiger partial charge in [0, 0.05) is 35.6 Å². The van der Waals surface area contributed by atoms with Crippen molar-refractivity contribution in [1.29, 1.82) is 0 Å². The smallest absolute Gasteiger partial charge is 0.222 e. The number of amides is 1. The van der Waals surface area contributed by atoms with Gasteiger partial charge in [0.05, 0.1) is 24.8 Å². The third-order valence-corrected chi connectivity index (χ3v) is 4.94. The SMILES string of the molecule is O=C(CCCOc1cc(Cl)ccc1Oc1ccc(Cl)cc1Cl)N1CCOCC1. The predicted octanol–water partition coefficient (Wildman–Crippen LogP) is 5.46. The van der Waals surface area contributed by atoms with Crippen molar-refractivity contribution >= 4 is 40.7 Å². The minimum atomic E-state index is 0.113. The van der Waals surface area contributed by atoms with Crippen molar-refractivity contribution < 1.29 is 19.0 Å². The number of benzene rings is 2. The van der Waals surface area contributed by atoms with E-state index >= 15 is 0 Å². The minimum absolute atomic E-state index is 0.113. The van der Waals surface area contributed by atoms with Crippen LogP contribution < -0.4 is 9.47 Å². The summed E-state index contributed by atoms with van der Waals surface area (Å²) in [4.78, 5) is 14.0. The molecule has 3 rings (SSSR count). The summed E-state index contributed by atoms with van der Waals surface area (Å²) in [7, 11) is 0. The van der Waals surface area contributed by atoms with E-state index in [4.69, 9.17) is 49.0 Å². The molecule has 0 spiro atoms. The van der Waals surface area contributed by atoms with Gasteiger partial charge in [0.15, 0.2) is 11.5 Å². The number of hydrogen-bond donors (Lipinski definition) is 0. The Labute approximate surface area is 179 Å². The molecule has 1 aliphatic rings. The molecule has 1 heterocycles. The normalized spacial score (nSPS) is 14.0. The van der Waals surface area contributed by atoms with Gasteiger partial charge in [-0.2, -0.15) is 0 Å². The molecule has 0 bridgehead atoms. The number of halogens is 3. The van der Waals surface area contributed by atoms with Crippen LogP contribution in [0, 0.1) is 0 Å². The van der Waals surface area contributed by atoms with E-state index in [1.54, 1.807) is 36.4 Å². The second kappa shape index (κ2) is 10.2. The van der Waals surface area contributed by atoms with Crippen LogP contribution in [-0.4, -0.2) is 43.7 Å². The van der Waals surface area contributed by atoms with Crippen LogP contribution in [0.15, 0.2) is 36.4 Å². The van der Waals surface area contributed by atoms with Crippen LogP contribution in [0.1, 0.15) is 12.8 Å². The number of nitrogens with zero attached hydrogens (tertiary/aromatic N) is 1. The summed E-state index contributed by atoms with van der Waals surface area (Å²) in [5, 5.41) is 1.44. The molecule has 1 aliphatic heterocycles. The Bertz CT molecular complexity index is 825. The summed E-state index contributed by atoms with van der Waals surface area (Å²) >= 11 is 18.2. The number of hydrogen-bond acceptors (Lipinski definition) is 4. The number of carbonyl (C=O) groups is 1. The van der Waals surface area contributed by atoms with E-state index in [1.807, 2.05) is 4.90 Å². The zero-order valence-electron chi connectivity index (χ0n) is 15.1. The first-order valence-electron chi connectivity index (χ1n) is 8.94. The molecule has 5 nitrogen and oxygen atoms in total. The van der Waals surface area contributed by atoms with Gasteiger partial charge in [-0.15, -0.1) is 0 Å². The van der Waals surface area contributed by atoms with E-state index in [-0.39, 0.29) is 5.91 Å². The Morgan fingerprint density at radius 2 is 1.64 bits per heavy atom. The van der Waals surface area contributed by atoms with Crippen LogP contribution in [0.3, 0.4) is 0 Å². The average Bonchev–Trinajstić information content (AvgIpc) is 2.69. The van der Waals surface area contributed by atoms with Gasteiger partial charge in [-0.25, -0.2) is 0 Å². The fraction of sp³-hybridized carbons (Fsp3) is 0.350. The standard InChI is InChI=1S/C20H20Cl3NO4/c21-14-3-5-17(16(23)12-14)28-18-6-4-15(22)13-19(18)27-9-1-2-20(25)24-7-10-26-11-8-24/h3-6,12-13H,1-2,7-11H2. The Morgan fingerprint density at radius 3 is 2.36 bits per heavy atom. The molecule has 2 aromatic carbocycles. The molecule has 8 heteroatoms.